The summed E-state index contributed by atoms with van der Waals surface area (Å²) in [5.74, 6) is 0. The molecule has 0 fully saturated rings. The molecule has 13 rings (SSSR count). The Kier molecular flexibility index (Phi) is 6.47. The second-order valence-corrected chi connectivity index (χ2v) is 21.2. The van der Waals surface area contributed by atoms with Gasteiger partial charge in [-0.2, -0.15) is 0 Å². The molecule has 290 valence electrons. The molecule has 0 N–H and O–H groups in total. The molecule has 2 heteroatoms. The zero-order valence-electron chi connectivity index (χ0n) is 35.6. The average molecular weight is 790 g/mol. The molecule has 8 aromatic carbocycles. The lowest BCUT2D eigenvalue weighted by molar-refractivity contribution is 0.652. The van der Waals surface area contributed by atoms with Crippen LogP contribution in [0.15, 0.2) is 149 Å². The minimum absolute atomic E-state index is 0.0656. The van der Waals surface area contributed by atoms with Crippen LogP contribution in [0, 0.1) is 0 Å². The van der Waals surface area contributed by atoms with Crippen LogP contribution in [0.1, 0.15) is 99.9 Å². The van der Waals surface area contributed by atoms with E-state index in [-0.39, 0.29) is 21.7 Å². The Morgan fingerprint density at radius 3 is 1.20 bits per heavy atom. The Morgan fingerprint density at radius 2 is 0.683 bits per heavy atom. The third kappa shape index (κ3) is 4.12. The monoisotopic (exact) mass is 789 g/mol. The summed E-state index contributed by atoms with van der Waals surface area (Å²) >= 11 is 1.95. The Balaban J connectivity index is 1.10. The van der Waals surface area contributed by atoms with Gasteiger partial charge >= 0.3 is 0 Å². The molecule has 0 saturated carbocycles. The van der Waals surface area contributed by atoms with E-state index >= 15 is 0 Å². The van der Waals surface area contributed by atoms with Crippen molar-refractivity contribution in [1.82, 2.24) is 0 Å². The standard InChI is InChI=1S/C58H47NS/c1-55(2)41-22-14-11-17-32(41)37-25-45-40(26-44(37)55)54-36-21-10-9-20-35(36)49(31-48(54)58(45,7)8)59-50-29-46-38(33-18-12-15-23-42(33)56(46,3)4)27-52(50)60-53-28-39-34-19-13-16-24-43(34)57(5,6)47(39)30-51(53)59/h9-31H,1-8H3. The van der Waals surface area contributed by atoms with Gasteiger partial charge in [0.15, 0.2) is 0 Å². The number of anilines is 3. The van der Waals surface area contributed by atoms with Crippen molar-refractivity contribution < 1.29 is 0 Å². The summed E-state index contributed by atoms with van der Waals surface area (Å²) in [4.78, 5) is 5.29. The quantitative estimate of drug-likeness (QED) is 0.163. The van der Waals surface area contributed by atoms with Crippen LogP contribution < -0.4 is 4.90 Å². The Morgan fingerprint density at radius 1 is 0.317 bits per heavy atom. The molecule has 0 unspecified atom stereocenters. The Hall–Kier alpha value is -5.83. The minimum atomic E-state index is -0.209. The summed E-state index contributed by atoms with van der Waals surface area (Å²) in [5.41, 5.74) is 25.6. The Labute approximate surface area is 358 Å². The highest BCUT2D eigenvalue weighted by atomic mass is 32.2. The normalized spacial score (nSPS) is 17.8. The summed E-state index contributed by atoms with van der Waals surface area (Å²) in [7, 11) is 0. The van der Waals surface area contributed by atoms with Crippen LogP contribution >= 0.6 is 11.8 Å². The van der Waals surface area contributed by atoms with Crippen molar-refractivity contribution in [3.63, 3.8) is 0 Å². The first-order valence-corrected chi connectivity index (χ1v) is 22.5. The molecular weight excluding hydrogens is 743 g/mol. The van der Waals surface area contributed by atoms with Gasteiger partial charge in [-0.1, -0.05) is 164 Å². The molecule has 0 atom stereocenters. The molecule has 0 bridgehead atoms. The maximum Gasteiger partial charge on any atom is 0.0605 e. The number of rotatable bonds is 1. The molecule has 0 spiro atoms. The lowest BCUT2D eigenvalue weighted by Gasteiger charge is -2.37. The zero-order valence-corrected chi connectivity index (χ0v) is 36.5. The summed E-state index contributed by atoms with van der Waals surface area (Å²) in [6, 6.07) is 54.3. The van der Waals surface area contributed by atoms with E-state index in [0.717, 1.165) is 0 Å². The molecule has 1 heterocycles. The van der Waals surface area contributed by atoms with Crippen LogP contribution in [-0.4, -0.2) is 0 Å². The van der Waals surface area contributed by atoms with Crippen LogP contribution in [-0.2, 0) is 21.7 Å². The molecule has 4 aliphatic carbocycles. The molecule has 8 aromatic rings. The topological polar surface area (TPSA) is 3.24 Å². The lowest BCUT2D eigenvalue weighted by Crippen LogP contribution is -2.21. The maximum atomic E-state index is 2.67. The molecule has 5 aliphatic rings. The summed E-state index contributed by atoms with van der Waals surface area (Å²) < 4.78 is 0. The van der Waals surface area contributed by atoms with Crippen LogP contribution in [0.2, 0.25) is 0 Å². The van der Waals surface area contributed by atoms with Gasteiger partial charge in [0.05, 0.1) is 17.1 Å². The summed E-state index contributed by atoms with van der Waals surface area (Å²) in [6.45, 7) is 19.4. The van der Waals surface area contributed by atoms with E-state index < -0.39 is 0 Å². The summed E-state index contributed by atoms with van der Waals surface area (Å²) in [6.07, 6.45) is 0. The zero-order chi connectivity index (χ0) is 40.8. The number of hydrogen-bond acceptors (Lipinski definition) is 2. The van der Waals surface area contributed by atoms with Gasteiger partial charge < -0.3 is 4.90 Å². The smallest absolute Gasteiger partial charge is 0.0605 e. The first kappa shape index (κ1) is 35.0. The highest BCUT2D eigenvalue weighted by molar-refractivity contribution is 7.99. The predicted molar refractivity (Wildman–Crippen MR) is 253 cm³/mol. The first-order valence-electron chi connectivity index (χ1n) is 21.7. The lowest BCUT2D eigenvalue weighted by atomic mass is 9.79. The van der Waals surface area contributed by atoms with E-state index in [1.165, 1.54) is 127 Å². The van der Waals surface area contributed by atoms with Gasteiger partial charge in [0.2, 0.25) is 0 Å². The number of hydrogen-bond donors (Lipinski definition) is 0. The highest BCUT2D eigenvalue weighted by Gasteiger charge is 2.45. The first-order chi connectivity index (χ1) is 28.8. The van der Waals surface area contributed by atoms with Crippen molar-refractivity contribution in [3.8, 4) is 44.5 Å². The minimum Gasteiger partial charge on any atom is -0.308 e. The van der Waals surface area contributed by atoms with Crippen molar-refractivity contribution >= 4 is 39.6 Å². The van der Waals surface area contributed by atoms with Crippen molar-refractivity contribution in [2.45, 2.75) is 86.8 Å². The molecule has 1 aliphatic heterocycles. The third-order valence-corrected chi connectivity index (χ3v) is 16.7. The molecule has 0 radical (unpaired) electrons. The fourth-order valence-corrected chi connectivity index (χ4v) is 13.5. The summed E-state index contributed by atoms with van der Waals surface area (Å²) in [5, 5.41) is 2.62. The molecule has 0 aromatic heterocycles. The fraction of sp³-hybridized carbons (Fsp3) is 0.207. The van der Waals surface area contributed by atoms with Crippen molar-refractivity contribution in [3.05, 3.63) is 184 Å². The van der Waals surface area contributed by atoms with Gasteiger partial charge in [0, 0.05) is 36.8 Å². The second kappa shape index (κ2) is 11.1. The van der Waals surface area contributed by atoms with E-state index in [2.05, 4.69) is 200 Å². The fourth-order valence-electron chi connectivity index (χ4n) is 12.4. The van der Waals surface area contributed by atoms with E-state index in [1.54, 1.807) is 0 Å². The van der Waals surface area contributed by atoms with E-state index in [4.69, 9.17) is 0 Å². The largest absolute Gasteiger partial charge is 0.308 e. The van der Waals surface area contributed by atoms with Crippen molar-refractivity contribution in [2.24, 2.45) is 0 Å². The maximum absolute atomic E-state index is 2.67. The van der Waals surface area contributed by atoms with E-state index in [9.17, 15) is 0 Å². The molecule has 0 amide bonds. The average Bonchev–Trinajstić information content (AvgIpc) is 3.80. The van der Waals surface area contributed by atoms with Crippen LogP contribution in [0.4, 0.5) is 17.1 Å². The molecule has 0 saturated heterocycles. The van der Waals surface area contributed by atoms with Gasteiger partial charge in [-0.15, -0.1) is 0 Å². The van der Waals surface area contributed by atoms with Gasteiger partial charge in [0.25, 0.3) is 0 Å². The van der Waals surface area contributed by atoms with Gasteiger partial charge in [-0.05, 0) is 137 Å². The van der Waals surface area contributed by atoms with Gasteiger partial charge in [-0.3, -0.25) is 0 Å². The van der Waals surface area contributed by atoms with E-state index in [1.807, 2.05) is 11.8 Å². The molecule has 60 heavy (non-hydrogen) atoms. The second-order valence-electron chi connectivity index (χ2n) is 20.1. The number of fused-ring (bicyclic) bond motifs is 16. The van der Waals surface area contributed by atoms with E-state index in [0.29, 0.717) is 0 Å². The highest BCUT2D eigenvalue weighted by Crippen LogP contribution is 2.63. The van der Waals surface area contributed by atoms with Gasteiger partial charge in [-0.25, -0.2) is 0 Å². The molecular formula is C58H47NS. The van der Waals surface area contributed by atoms with Crippen molar-refractivity contribution in [2.75, 3.05) is 4.90 Å². The number of benzene rings is 8. The SMILES string of the molecule is CC1(C)c2ccccc2-c2cc3c(cc21)-c1c(cc(N2c4cc5c(cc4Sc4cc6c(cc42)C(C)(C)c2ccccc2-6)-c2ccccc2C5(C)C)c2ccccc12)C3(C)C. The predicted octanol–water partition coefficient (Wildman–Crippen LogP) is 16.0. The van der Waals surface area contributed by atoms with Gasteiger partial charge in [0.1, 0.15) is 0 Å². The Bertz CT molecular complexity index is 3190. The van der Waals surface area contributed by atoms with Crippen LogP contribution in [0.25, 0.3) is 55.3 Å². The van der Waals surface area contributed by atoms with Crippen LogP contribution in [0.3, 0.4) is 0 Å². The van der Waals surface area contributed by atoms with Crippen LogP contribution in [0.5, 0.6) is 0 Å². The number of nitrogens with zero attached hydrogens (tertiary/aromatic N) is 1. The van der Waals surface area contributed by atoms with Crippen molar-refractivity contribution in [1.29, 1.82) is 0 Å². The molecule has 1 nitrogen and oxygen atoms in total. The third-order valence-electron chi connectivity index (χ3n) is 15.6.